The Bertz CT molecular complexity index is 954. The quantitative estimate of drug-likeness (QED) is 0.778. The van der Waals surface area contributed by atoms with Gasteiger partial charge in [0.05, 0.1) is 17.3 Å². The van der Waals surface area contributed by atoms with Crippen molar-refractivity contribution >= 4 is 22.9 Å². The highest BCUT2D eigenvalue weighted by Gasteiger charge is 2.25. The number of aromatic nitrogens is 4. The highest BCUT2D eigenvalue weighted by atomic mass is 19.1. The summed E-state index contributed by atoms with van der Waals surface area (Å²) in [5.41, 5.74) is 1.75. The Hall–Kier alpha value is -2.90. The Morgan fingerprint density at radius 2 is 2.04 bits per heavy atom. The number of aryl methyl sites for hydroxylation is 2. The fourth-order valence-corrected chi connectivity index (χ4v) is 3.48. The molecular weight excluding hydrogens is 335 g/mol. The zero-order chi connectivity index (χ0) is 18.3. The summed E-state index contributed by atoms with van der Waals surface area (Å²) < 4.78 is 17.5. The van der Waals surface area contributed by atoms with Crippen LogP contribution < -0.4 is 10.2 Å². The smallest absolute Gasteiger partial charge is 0.254 e. The van der Waals surface area contributed by atoms with Crippen LogP contribution in [0.4, 0.5) is 10.3 Å². The van der Waals surface area contributed by atoms with Gasteiger partial charge in [0.15, 0.2) is 5.82 Å². The first-order valence-corrected chi connectivity index (χ1v) is 8.68. The summed E-state index contributed by atoms with van der Waals surface area (Å²) in [5, 5.41) is 7.09. The SMILES string of the molecule is Cn1cc(C(=O)NC2CCN(c3nc4c(F)cccc4n3C)CC2)cn1. The first-order valence-electron chi connectivity index (χ1n) is 8.68. The fraction of sp³-hybridized carbons (Fsp3) is 0.389. The van der Waals surface area contributed by atoms with Crippen molar-refractivity contribution in [2.24, 2.45) is 14.1 Å². The maximum atomic E-state index is 14.0. The molecule has 0 saturated carbocycles. The third kappa shape index (κ3) is 2.91. The van der Waals surface area contributed by atoms with E-state index in [4.69, 9.17) is 0 Å². The predicted octanol–water partition coefficient (Wildman–Crippen LogP) is 1.84. The number of amides is 1. The van der Waals surface area contributed by atoms with Crippen molar-refractivity contribution < 1.29 is 9.18 Å². The highest BCUT2D eigenvalue weighted by molar-refractivity contribution is 5.93. The topological polar surface area (TPSA) is 68.0 Å². The van der Waals surface area contributed by atoms with Crippen LogP contribution in [0.3, 0.4) is 0 Å². The molecule has 26 heavy (non-hydrogen) atoms. The average molecular weight is 356 g/mol. The van der Waals surface area contributed by atoms with Gasteiger partial charge in [0.1, 0.15) is 5.52 Å². The van der Waals surface area contributed by atoms with Gasteiger partial charge in [-0.1, -0.05) is 6.07 Å². The lowest BCUT2D eigenvalue weighted by Gasteiger charge is -2.32. The van der Waals surface area contributed by atoms with Crippen LogP contribution in [-0.4, -0.2) is 44.4 Å². The normalized spacial score (nSPS) is 15.6. The molecule has 3 heterocycles. The lowest BCUT2D eigenvalue weighted by atomic mass is 10.1. The number of hydrogen-bond donors (Lipinski definition) is 1. The minimum absolute atomic E-state index is 0.0960. The molecule has 8 heteroatoms. The molecule has 7 nitrogen and oxygen atoms in total. The van der Waals surface area contributed by atoms with Crippen molar-refractivity contribution in [2.45, 2.75) is 18.9 Å². The van der Waals surface area contributed by atoms with E-state index < -0.39 is 0 Å². The molecule has 1 aliphatic rings. The number of rotatable bonds is 3. The van der Waals surface area contributed by atoms with Gasteiger partial charge in [-0.15, -0.1) is 0 Å². The standard InChI is InChI=1S/C18H21FN6O/c1-23-11-12(10-20-23)17(26)21-13-6-8-25(9-7-13)18-22-16-14(19)4-3-5-15(16)24(18)2/h3-5,10-11,13H,6-9H2,1-2H3,(H,21,26). The number of carbonyl (C=O) groups excluding carboxylic acids is 1. The van der Waals surface area contributed by atoms with Gasteiger partial charge in [0.2, 0.25) is 5.95 Å². The molecule has 136 valence electrons. The van der Waals surface area contributed by atoms with Crippen LogP contribution in [0.25, 0.3) is 11.0 Å². The van der Waals surface area contributed by atoms with E-state index in [1.807, 2.05) is 17.7 Å². The van der Waals surface area contributed by atoms with E-state index in [0.717, 1.165) is 37.4 Å². The minimum atomic E-state index is -0.303. The average Bonchev–Trinajstić information content (AvgIpc) is 3.21. The molecule has 0 unspecified atom stereocenters. The molecule has 1 saturated heterocycles. The molecular formula is C18H21FN6O. The van der Waals surface area contributed by atoms with Crippen molar-refractivity contribution in [1.82, 2.24) is 24.6 Å². The molecule has 0 spiro atoms. The Labute approximate surface area is 150 Å². The molecule has 1 fully saturated rings. The van der Waals surface area contributed by atoms with E-state index in [1.165, 1.54) is 6.07 Å². The lowest BCUT2D eigenvalue weighted by molar-refractivity contribution is 0.0931. The Morgan fingerprint density at radius 1 is 1.27 bits per heavy atom. The third-order valence-electron chi connectivity index (χ3n) is 4.92. The summed E-state index contributed by atoms with van der Waals surface area (Å²) in [5.74, 6) is 0.367. The summed E-state index contributed by atoms with van der Waals surface area (Å²) in [7, 11) is 3.69. The molecule has 0 aliphatic carbocycles. The summed E-state index contributed by atoms with van der Waals surface area (Å²) >= 11 is 0. The third-order valence-corrected chi connectivity index (χ3v) is 4.92. The molecule has 1 N–H and O–H groups in total. The second-order valence-corrected chi connectivity index (χ2v) is 6.72. The van der Waals surface area contributed by atoms with E-state index in [-0.39, 0.29) is 17.8 Å². The molecule has 1 amide bonds. The van der Waals surface area contributed by atoms with Crippen LogP contribution in [0, 0.1) is 5.82 Å². The van der Waals surface area contributed by atoms with E-state index in [2.05, 4.69) is 20.3 Å². The van der Waals surface area contributed by atoms with Crippen molar-refractivity contribution in [2.75, 3.05) is 18.0 Å². The van der Waals surface area contributed by atoms with Crippen LogP contribution in [-0.2, 0) is 14.1 Å². The number of para-hydroxylation sites is 1. The number of imidazole rings is 1. The Kier molecular flexibility index (Phi) is 4.10. The summed E-state index contributed by atoms with van der Waals surface area (Å²) in [6.07, 6.45) is 4.91. The number of anilines is 1. The van der Waals surface area contributed by atoms with Gasteiger partial charge in [0, 0.05) is 39.4 Å². The van der Waals surface area contributed by atoms with Crippen LogP contribution in [0.5, 0.6) is 0 Å². The molecule has 1 aliphatic heterocycles. The number of halogens is 1. The van der Waals surface area contributed by atoms with Gasteiger partial charge >= 0.3 is 0 Å². The fourth-order valence-electron chi connectivity index (χ4n) is 3.48. The number of carbonyl (C=O) groups is 1. The van der Waals surface area contributed by atoms with E-state index in [0.29, 0.717) is 11.1 Å². The van der Waals surface area contributed by atoms with Crippen molar-refractivity contribution in [3.05, 3.63) is 42.0 Å². The maximum Gasteiger partial charge on any atom is 0.254 e. The largest absolute Gasteiger partial charge is 0.349 e. The zero-order valence-electron chi connectivity index (χ0n) is 14.8. The van der Waals surface area contributed by atoms with E-state index in [9.17, 15) is 9.18 Å². The van der Waals surface area contributed by atoms with Gasteiger partial charge in [0.25, 0.3) is 5.91 Å². The number of fused-ring (bicyclic) bond motifs is 1. The second kappa shape index (κ2) is 6.44. The predicted molar refractivity (Wildman–Crippen MR) is 96.6 cm³/mol. The number of piperidine rings is 1. The summed E-state index contributed by atoms with van der Waals surface area (Å²) in [4.78, 5) is 18.9. The minimum Gasteiger partial charge on any atom is -0.349 e. The van der Waals surface area contributed by atoms with Crippen LogP contribution in [0.2, 0.25) is 0 Å². The van der Waals surface area contributed by atoms with Crippen LogP contribution in [0.1, 0.15) is 23.2 Å². The number of nitrogens with zero attached hydrogens (tertiary/aromatic N) is 5. The van der Waals surface area contributed by atoms with E-state index >= 15 is 0 Å². The van der Waals surface area contributed by atoms with Crippen molar-refractivity contribution in [3.63, 3.8) is 0 Å². The van der Waals surface area contributed by atoms with Gasteiger partial charge in [-0.05, 0) is 25.0 Å². The maximum absolute atomic E-state index is 14.0. The van der Waals surface area contributed by atoms with E-state index in [1.54, 1.807) is 30.2 Å². The molecule has 4 rings (SSSR count). The molecule has 2 aromatic heterocycles. The zero-order valence-corrected chi connectivity index (χ0v) is 14.8. The molecule has 0 radical (unpaired) electrons. The van der Waals surface area contributed by atoms with Crippen molar-refractivity contribution in [1.29, 1.82) is 0 Å². The molecule has 3 aromatic rings. The first kappa shape index (κ1) is 16.6. The monoisotopic (exact) mass is 356 g/mol. The van der Waals surface area contributed by atoms with Gasteiger partial charge in [-0.25, -0.2) is 9.37 Å². The van der Waals surface area contributed by atoms with Crippen LogP contribution in [0.15, 0.2) is 30.6 Å². The molecule has 0 atom stereocenters. The van der Waals surface area contributed by atoms with Crippen LogP contribution >= 0.6 is 0 Å². The van der Waals surface area contributed by atoms with Gasteiger partial charge < -0.3 is 14.8 Å². The number of benzene rings is 1. The Morgan fingerprint density at radius 3 is 2.69 bits per heavy atom. The lowest BCUT2D eigenvalue weighted by Crippen LogP contribution is -2.45. The first-order chi connectivity index (χ1) is 12.5. The molecule has 1 aromatic carbocycles. The van der Waals surface area contributed by atoms with Gasteiger partial charge in [-0.3, -0.25) is 9.48 Å². The number of nitrogens with one attached hydrogen (secondary N) is 1. The summed E-state index contributed by atoms with van der Waals surface area (Å²) in [6.45, 7) is 1.52. The molecule has 0 bridgehead atoms. The summed E-state index contributed by atoms with van der Waals surface area (Å²) in [6, 6.07) is 5.11. The Balaban J connectivity index is 1.43. The number of hydrogen-bond acceptors (Lipinski definition) is 4. The van der Waals surface area contributed by atoms with Crippen molar-refractivity contribution in [3.8, 4) is 0 Å². The second-order valence-electron chi connectivity index (χ2n) is 6.72. The highest BCUT2D eigenvalue weighted by Crippen LogP contribution is 2.25. The van der Waals surface area contributed by atoms with Gasteiger partial charge in [-0.2, -0.15) is 5.10 Å².